The molecule has 0 aromatic heterocycles. The summed E-state index contributed by atoms with van der Waals surface area (Å²) in [5.41, 5.74) is 4.73. The van der Waals surface area contributed by atoms with E-state index in [2.05, 4.69) is 126 Å². The normalized spacial score (nSPS) is 14.0. The van der Waals surface area contributed by atoms with E-state index in [-0.39, 0.29) is 10.8 Å². The van der Waals surface area contributed by atoms with Crippen LogP contribution in [-0.4, -0.2) is 26.4 Å². The maximum absolute atomic E-state index is 6.87. The topological polar surface area (TPSA) is 55.4 Å². The van der Waals surface area contributed by atoms with Crippen LogP contribution in [0.4, 0.5) is 0 Å². The van der Waals surface area contributed by atoms with Gasteiger partial charge >= 0.3 is 17.2 Å². The lowest BCUT2D eigenvalue weighted by atomic mass is 9.71. The lowest BCUT2D eigenvalue weighted by Crippen LogP contribution is -2.25. The van der Waals surface area contributed by atoms with Crippen molar-refractivity contribution >= 4 is 17.2 Å². The van der Waals surface area contributed by atoms with Crippen LogP contribution in [0.25, 0.3) is 0 Å². The number of unbranched alkanes of at least 4 members (excludes halogenated alkanes) is 32. The van der Waals surface area contributed by atoms with Gasteiger partial charge in [-0.25, -0.2) is 0 Å². The molecule has 0 saturated carbocycles. The summed E-state index contributed by atoms with van der Waals surface area (Å²) in [4.78, 5) is 0. The van der Waals surface area contributed by atoms with Crippen molar-refractivity contribution < 1.29 is 27.1 Å². The maximum atomic E-state index is 6.87. The first kappa shape index (κ1) is 80.8. The minimum Gasteiger partial charge on any atom is -0.426 e. The summed E-state index contributed by atoms with van der Waals surface area (Å²) in [6.45, 7) is 32.4. The molecule has 0 radical (unpaired) electrons. The third-order valence-electron chi connectivity index (χ3n) is 18.1. The molecule has 4 unspecified atom stereocenters. The highest BCUT2D eigenvalue weighted by molar-refractivity contribution is 7.42. The summed E-state index contributed by atoms with van der Waals surface area (Å²) in [5.74, 6) is 3.86. The quantitative estimate of drug-likeness (QED) is 0.0486. The van der Waals surface area contributed by atoms with Crippen molar-refractivity contribution in [2.75, 3.05) is 26.4 Å². The average molecular weight is 1240 g/mol. The van der Waals surface area contributed by atoms with Gasteiger partial charge in [0.25, 0.3) is 0 Å². The van der Waals surface area contributed by atoms with E-state index in [1.54, 1.807) is 0 Å². The molecule has 8 heteroatoms. The second-order valence-corrected chi connectivity index (χ2v) is 30.9. The molecule has 0 aliphatic rings. The van der Waals surface area contributed by atoms with Crippen LogP contribution in [-0.2, 0) is 28.9 Å². The Bertz CT molecular complexity index is 1700. The molecule has 0 amide bonds. The molecule has 6 nitrogen and oxygen atoms in total. The van der Waals surface area contributed by atoms with Crippen LogP contribution in [0.2, 0.25) is 0 Å². The highest BCUT2D eigenvalue weighted by atomic mass is 31.2. The molecule has 0 N–H and O–H groups in total. The lowest BCUT2D eigenvalue weighted by Gasteiger charge is -2.35. The Morgan fingerprint density at radius 3 is 0.837 bits per heavy atom. The van der Waals surface area contributed by atoms with Gasteiger partial charge in [-0.3, -0.25) is 0 Å². The average Bonchev–Trinajstić information content (AvgIpc) is 3.20. The van der Waals surface area contributed by atoms with Crippen LogP contribution in [0.1, 0.15) is 381 Å². The van der Waals surface area contributed by atoms with Crippen LogP contribution < -0.4 is 9.05 Å². The van der Waals surface area contributed by atoms with Gasteiger partial charge in [0.05, 0.1) is 26.4 Å². The largest absolute Gasteiger partial charge is 0.426 e. The van der Waals surface area contributed by atoms with Crippen molar-refractivity contribution in [3.8, 4) is 11.5 Å². The fraction of sp³-hybridized carbons (Fsp3) is 0.846. The van der Waals surface area contributed by atoms with Crippen molar-refractivity contribution in [3.05, 3.63) is 58.7 Å². The van der Waals surface area contributed by atoms with Gasteiger partial charge in [-0.15, -0.1) is 0 Å². The number of rotatable bonds is 60. The molecular formula is C78H144O6P2. The summed E-state index contributed by atoms with van der Waals surface area (Å²) in [6, 6.07) is 13.3. The van der Waals surface area contributed by atoms with Gasteiger partial charge in [-0.05, 0) is 104 Å². The first-order valence-corrected chi connectivity index (χ1v) is 39.6. The molecule has 502 valence electrons. The second kappa shape index (κ2) is 53.3. The standard InChI is InChI=1S/C78H144O6P2/c1-14-19-23-27-31-33-35-37-41-45-49-62-79-85(83-75-66-68(6)58-60-73(75)77(8,9)10)81-64-51-56-70(54-47-43-39-29-25-21-16-3)72(53-18-5)71(55-48-44-40-30-26-22-17-4)57-52-65-82-86(84-76-67-69(7)59-61-74(76)78(11,12)13)80-63-50-46-42-38-36-34-32-28-24-20-15-2/h58-61,66-67,70-72H,14-57,62-65H2,1-13H3. The van der Waals surface area contributed by atoms with E-state index in [0.717, 1.165) is 37.2 Å². The van der Waals surface area contributed by atoms with Crippen LogP contribution in [0.3, 0.4) is 0 Å². The first-order chi connectivity index (χ1) is 41.7. The van der Waals surface area contributed by atoms with Gasteiger partial charge in [0.15, 0.2) is 0 Å². The molecule has 0 saturated heterocycles. The molecule has 0 heterocycles. The zero-order chi connectivity index (χ0) is 62.8. The monoisotopic (exact) mass is 1240 g/mol. The van der Waals surface area contributed by atoms with E-state index in [4.69, 9.17) is 27.1 Å². The first-order valence-electron chi connectivity index (χ1n) is 37.4. The Hall–Kier alpha value is -1.26. The minimum absolute atomic E-state index is 0.0527. The van der Waals surface area contributed by atoms with Crippen molar-refractivity contribution in [1.29, 1.82) is 0 Å². The molecule has 0 aliphatic heterocycles. The fourth-order valence-electron chi connectivity index (χ4n) is 12.8. The fourth-order valence-corrected chi connectivity index (χ4v) is 14.9. The number of hydrogen-bond acceptors (Lipinski definition) is 6. The predicted octanol–water partition coefficient (Wildman–Crippen LogP) is 28.0. The van der Waals surface area contributed by atoms with E-state index < -0.39 is 17.2 Å². The summed E-state index contributed by atoms with van der Waals surface area (Å²) in [5, 5.41) is 0. The number of benzene rings is 2. The van der Waals surface area contributed by atoms with Gasteiger partial charge in [-0.1, -0.05) is 344 Å². The van der Waals surface area contributed by atoms with Gasteiger partial charge < -0.3 is 27.1 Å². The molecule has 0 aliphatic carbocycles. The predicted molar refractivity (Wildman–Crippen MR) is 381 cm³/mol. The van der Waals surface area contributed by atoms with Gasteiger partial charge in [0, 0.05) is 11.1 Å². The Balaban J connectivity index is 2.32. The van der Waals surface area contributed by atoms with Crippen LogP contribution in [0.15, 0.2) is 36.4 Å². The van der Waals surface area contributed by atoms with Crippen LogP contribution in [0.5, 0.6) is 11.5 Å². The summed E-state index contributed by atoms with van der Waals surface area (Å²) in [7, 11) is -3.08. The Morgan fingerprint density at radius 1 is 0.302 bits per heavy atom. The van der Waals surface area contributed by atoms with Crippen LogP contribution in [0, 0.1) is 31.6 Å². The molecule has 0 fully saturated rings. The summed E-state index contributed by atoms with van der Waals surface area (Å²) in [6.07, 6.45) is 57.7. The third kappa shape index (κ3) is 41.3. The van der Waals surface area contributed by atoms with E-state index >= 15 is 0 Å². The lowest BCUT2D eigenvalue weighted by molar-refractivity contribution is 0.139. The van der Waals surface area contributed by atoms with Crippen molar-refractivity contribution in [2.45, 2.75) is 383 Å². The number of hydrogen-bond donors (Lipinski definition) is 0. The van der Waals surface area contributed by atoms with E-state index in [9.17, 15) is 0 Å². The van der Waals surface area contributed by atoms with Crippen molar-refractivity contribution in [2.24, 2.45) is 17.8 Å². The summed E-state index contributed by atoms with van der Waals surface area (Å²) >= 11 is 0. The highest BCUT2D eigenvalue weighted by Gasteiger charge is 2.30. The maximum Gasteiger partial charge on any atom is 0.397 e. The highest BCUT2D eigenvalue weighted by Crippen LogP contribution is 2.47. The van der Waals surface area contributed by atoms with Gasteiger partial charge in [0.2, 0.25) is 0 Å². The zero-order valence-corrected chi connectivity index (χ0v) is 61.3. The van der Waals surface area contributed by atoms with E-state index in [1.807, 2.05) is 0 Å². The Morgan fingerprint density at radius 2 is 0.558 bits per heavy atom. The van der Waals surface area contributed by atoms with Gasteiger partial charge in [0.1, 0.15) is 11.5 Å². The molecular weight excluding hydrogens is 1090 g/mol. The van der Waals surface area contributed by atoms with E-state index in [0.29, 0.717) is 44.2 Å². The molecule has 86 heavy (non-hydrogen) atoms. The minimum atomic E-state index is -1.54. The van der Waals surface area contributed by atoms with Crippen molar-refractivity contribution in [3.63, 3.8) is 0 Å². The molecule has 4 atom stereocenters. The molecule has 2 rings (SSSR count). The third-order valence-corrected chi connectivity index (χ3v) is 20.4. The Kier molecular flexibility index (Phi) is 50.1. The SMILES string of the molecule is CCCCCCCCCCCCCOP(OCCCC(CCCCCCCCC)C(CCC)C(CCCCCCCCC)CCCOP(OCCCCCCCCCCCCC)Oc1cc(C)ccc1C(C)(C)C)Oc1cc(C)ccc1C(C)(C)C. The second-order valence-electron chi connectivity index (χ2n) is 28.6. The molecule has 0 spiro atoms. The molecule has 2 aromatic carbocycles. The van der Waals surface area contributed by atoms with E-state index in [1.165, 1.54) is 279 Å². The molecule has 0 bridgehead atoms. The Labute approximate surface area is 539 Å². The molecule has 2 aromatic rings. The van der Waals surface area contributed by atoms with Crippen LogP contribution >= 0.6 is 17.2 Å². The smallest absolute Gasteiger partial charge is 0.397 e. The number of aryl methyl sites for hydroxylation is 2. The summed E-state index contributed by atoms with van der Waals surface area (Å²) < 4.78 is 40.7. The zero-order valence-electron chi connectivity index (χ0n) is 59.5. The van der Waals surface area contributed by atoms with Gasteiger partial charge in [-0.2, -0.15) is 0 Å². The van der Waals surface area contributed by atoms with Crippen molar-refractivity contribution in [1.82, 2.24) is 0 Å².